The van der Waals surface area contributed by atoms with Crippen LogP contribution in [0.5, 0.6) is 28.7 Å². The molecule has 0 atom stereocenters. The summed E-state index contributed by atoms with van der Waals surface area (Å²) < 4.78 is 55.1. The topological polar surface area (TPSA) is 218 Å². The maximum absolute atomic E-state index is 13.8. The number of pyridine rings is 2. The Bertz CT molecular complexity index is 2600. The standard InChI is InChI=1S/C20H14Cl2FN3O4.C13H8Cl2FN3O2.C7H7FO2/c1-29-16-8-11(23)2-3-15(16)30-17-7-10(21)6-13(22)18(17)20(28)26-12-4-5-25-14(9-12)19(24)27;14-6-3-8(15)11(9(16)4-6)13(21)19-7-1-2-18-10(5-7)12(17)20;1-10-7-4-5(8)2-3-6(7)9/h2-9H,1H3,(H2,24,27)(H,25,26,28);1-5H,(H2,17,20)(H,18,19,21);2-4,9H,1H3. The normalized spacial score (nSPS) is 10.2. The third-order valence-electron chi connectivity index (χ3n) is 7.51. The van der Waals surface area contributed by atoms with Gasteiger partial charge in [0.25, 0.3) is 23.6 Å². The van der Waals surface area contributed by atoms with Crippen LogP contribution in [0.4, 0.5) is 24.5 Å². The number of amides is 4. The van der Waals surface area contributed by atoms with Crippen LogP contribution in [0.2, 0.25) is 20.1 Å². The first-order valence-corrected chi connectivity index (χ1v) is 18.2. The zero-order valence-electron chi connectivity index (χ0n) is 31.2. The average Bonchev–Trinajstić information content (AvgIpc) is 3.19. The highest BCUT2D eigenvalue weighted by Crippen LogP contribution is 2.38. The third kappa shape index (κ3) is 13.1. The van der Waals surface area contributed by atoms with E-state index < -0.39 is 41.1 Å². The molecule has 0 fully saturated rings. The first-order chi connectivity index (χ1) is 28.9. The first kappa shape index (κ1) is 46.9. The van der Waals surface area contributed by atoms with E-state index in [4.69, 9.17) is 72.5 Å². The molecule has 14 nitrogen and oxygen atoms in total. The molecule has 0 bridgehead atoms. The average molecular weight is 921 g/mol. The van der Waals surface area contributed by atoms with Crippen LogP contribution in [-0.4, -0.2) is 52.9 Å². The van der Waals surface area contributed by atoms with Crippen LogP contribution in [0, 0.1) is 17.5 Å². The Hall–Kier alpha value is -6.79. The van der Waals surface area contributed by atoms with Crippen LogP contribution in [0.25, 0.3) is 0 Å². The lowest BCUT2D eigenvalue weighted by Crippen LogP contribution is -2.17. The second-order valence-electron chi connectivity index (χ2n) is 11.7. The predicted octanol–water partition coefficient (Wildman–Crippen LogP) is 9.10. The van der Waals surface area contributed by atoms with Gasteiger partial charge in [0.15, 0.2) is 23.0 Å². The van der Waals surface area contributed by atoms with Crippen LogP contribution in [0.3, 0.4) is 0 Å². The summed E-state index contributed by atoms with van der Waals surface area (Å²) in [6.45, 7) is 0. The van der Waals surface area contributed by atoms with E-state index in [0.717, 1.165) is 24.3 Å². The van der Waals surface area contributed by atoms with Crippen LogP contribution >= 0.6 is 46.4 Å². The monoisotopic (exact) mass is 918 g/mol. The van der Waals surface area contributed by atoms with Gasteiger partial charge in [0, 0.05) is 52.0 Å². The van der Waals surface area contributed by atoms with Crippen molar-refractivity contribution in [1.29, 1.82) is 0 Å². The number of carbonyl (C=O) groups is 4. The highest BCUT2D eigenvalue weighted by molar-refractivity contribution is 6.38. The highest BCUT2D eigenvalue weighted by Gasteiger charge is 2.22. The van der Waals surface area contributed by atoms with Crippen LogP contribution < -0.4 is 36.3 Å². The van der Waals surface area contributed by atoms with E-state index in [1.54, 1.807) is 0 Å². The number of phenolic OH excluding ortho intramolecular Hbond substituents is 1. The number of aromatic hydroxyl groups is 1. The van der Waals surface area contributed by atoms with Crippen molar-refractivity contribution in [2.45, 2.75) is 0 Å². The molecule has 2 heterocycles. The summed E-state index contributed by atoms with van der Waals surface area (Å²) in [6.07, 6.45) is 2.61. The molecule has 0 saturated carbocycles. The molecule has 61 heavy (non-hydrogen) atoms. The number of nitrogens with zero attached hydrogens (tertiary/aromatic N) is 2. The molecule has 4 amide bonds. The second-order valence-corrected chi connectivity index (χ2v) is 13.4. The van der Waals surface area contributed by atoms with Gasteiger partial charge in [-0.15, -0.1) is 0 Å². The van der Waals surface area contributed by atoms with Crippen LogP contribution in [0.15, 0.2) is 97.3 Å². The second kappa shape index (κ2) is 21.5. The quantitative estimate of drug-likeness (QED) is 0.0878. The number of aromatic nitrogens is 2. The van der Waals surface area contributed by atoms with Gasteiger partial charge in [0.1, 0.15) is 40.2 Å². The highest BCUT2D eigenvalue weighted by atomic mass is 35.5. The van der Waals surface area contributed by atoms with Crippen molar-refractivity contribution in [2.75, 3.05) is 24.9 Å². The number of primary amides is 2. The third-order valence-corrected chi connectivity index (χ3v) is 8.54. The Morgan fingerprint density at radius 3 is 1.56 bits per heavy atom. The summed E-state index contributed by atoms with van der Waals surface area (Å²) in [5.74, 6) is -4.35. The minimum atomic E-state index is -0.853. The van der Waals surface area contributed by atoms with Crippen molar-refractivity contribution in [1.82, 2.24) is 9.97 Å². The zero-order valence-corrected chi connectivity index (χ0v) is 34.3. The van der Waals surface area contributed by atoms with E-state index in [9.17, 15) is 32.3 Å². The number of hydrogen-bond acceptors (Lipinski definition) is 10. The zero-order chi connectivity index (χ0) is 45.0. The summed E-state index contributed by atoms with van der Waals surface area (Å²) >= 11 is 23.7. The molecule has 6 aromatic rings. The molecule has 2 aromatic heterocycles. The fourth-order valence-corrected chi connectivity index (χ4v) is 5.89. The fourth-order valence-electron chi connectivity index (χ4n) is 4.78. The molecule has 0 spiro atoms. The van der Waals surface area contributed by atoms with E-state index in [2.05, 4.69) is 25.3 Å². The van der Waals surface area contributed by atoms with Gasteiger partial charge in [-0.1, -0.05) is 46.4 Å². The Balaban J connectivity index is 0.000000228. The summed E-state index contributed by atoms with van der Waals surface area (Å²) in [5.41, 5.74) is 10.3. The Morgan fingerprint density at radius 2 is 1.07 bits per heavy atom. The van der Waals surface area contributed by atoms with Crippen molar-refractivity contribution in [3.8, 4) is 28.7 Å². The molecule has 0 aliphatic rings. The van der Waals surface area contributed by atoms with Crippen LogP contribution in [-0.2, 0) is 0 Å². The number of nitrogens with one attached hydrogen (secondary N) is 2. The molecule has 7 N–H and O–H groups in total. The van der Waals surface area contributed by atoms with Crippen molar-refractivity contribution in [3.05, 3.63) is 157 Å². The van der Waals surface area contributed by atoms with Gasteiger partial charge in [-0.05, 0) is 66.7 Å². The number of anilines is 2. The van der Waals surface area contributed by atoms with Crippen molar-refractivity contribution < 1.29 is 51.7 Å². The smallest absolute Gasteiger partial charge is 0.267 e. The molecular formula is C40H29Cl4F3N6O8. The molecule has 21 heteroatoms. The van der Waals surface area contributed by atoms with Gasteiger partial charge >= 0.3 is 0 Å². The lowest BCUT2D eigenvalue weighted by atomic mass is 10.1. The Morgan fingerprint density at radius 1 is 0.590 bits per heavy atom. The van der Waals surface area contributed by atoms with E-state index in [1.165, 1.54) is 87.3 Å². The number of benzene rings is 4. The molecular weight excluding hydrogens is 891 g/mol. The number of phenols is 1. The van der Waals surface area contributed by atoms with Gasteiger partial charge in [0.2, 0.25) is 0 Å². The minimum absolute atomic E-state index is 0.0130. The molecule has 4 aromatic carbocycles. The molecule has 6 rings (SSSR count). The van der Waals surface area contributed by atoms with E-state index in [1.807, 2.05) is 0 Å². The fraction of sp³-hybridized carbons (Fsp3) is 0.0500. The van der Waals surface area contributed by atoms with Crippen molar-refractivity contribution in [2.24, 2.45) is 11.5 Å². The molecule has 316 valence electrons. The van der Waals surface area contributed by atoms with Gasteiger partial charge < -0.3 is 41.4 Å². The van der Waals surface area contributed by atoms with E-state index in [-0.39, 0.29) is 82.7 Å². The number of carbonyl (C=O) groups excluding carboxylic acids is 4. The summed E-state index contributed by atoms with van der Waals surface area (Å²) in [6, 6.07) is 17.6. The summed E-state index contributed by atoms with van der Waals surface area (Å²) in [7, 11) is 2.72. The molecule has 0 aliphatic heterocycles. The number of methoxy groups -OCH3 is 2. The number of nitrogens with two attached hydrogens (primary N) is 2. The molecule has 0 saturated heterocycles. The number of hydrogen-bond donors (Lipinski definition) is 5. The first-order valence-electron chi connectivity index (χ1n) is 16.7. The van der Waals surface area contributed by atoms with Crippen molar-refractivity contribution >= 4 is 81.4 Å². The van der Waals surface area contributed by atoms with E-state index >= 15 is 0 Å². The van der Waals surface area contributed by atoms with Crippen molar-refractivity contribution in [3.63, 3.8) is 0 Å². The maximum Gasteiger partial charge on any atom is 0.267 e. The van der Waals surface area contributed by atoms with Gasteiger partial charge in [0.05, 0.1) is 29.8 Å². The van der Waals surface area contributed by atoms with E-state index in [0.29, 0.717) is 0 Å². The van der Waals surface area contributed by atoms with Gasteiger partial charge in [-0.25, -0.2) is 13.2 Å². The van der Waals surface area contributed by atoms with Gasteiger partial charge in [-0.2, -0.15) is 0 Å². The number of ether oxygens (including phenoxy) is 3. The maximum atomic E-state index is 13.8. The predicted molar refractivity (Wildman–Crippen MR) is 222 cm³/mol. The lowest BCUT2D eigenvalue weighted by molar-refractivity contribution is 0.0987. The molecule has 0 aliphatic carbocycles. The number of rotatable bonds is 10. The largest absolute Gasteiger partial charge is 0.504 e. The molecule has 0 radical (unpaired) electrons. The minimum Gasteiger partial charge on any atom is -0.504 e. The Labute approximate surface area is 364 Å². The lowest BCUT2D eigenvalue weighted by Gasteiger charge is -2.15. The van der Waals surface area contributed by atoms with Gasteiger partial charge in [-0.3, -0.25) is 29.1 Å². The summed E-state index contributed by atoms with van der Waals surface area (Å²) in [5, 5.41) is 14.1. The number of halogens is 7. The Kier molecular flexibility index (Phi) is 16.5. The SMILES string of the molecule is COc1cc(F)ccc1O.COc1cc(F)ccc1Oc1cc(Cl)cc(Cl)c1C(=O)Nc1ccnc(C(N)=O)c1.NC(=O)c1cc(NC(=O)c2c(F)cc(Cl)cc2Cl)ccn1. The van der Waals surface area contributed by atoms with Crippen LogP contribution in [0.1, 0.15) is 41.7 Å². The summed E-state index contributed by atoms with van der Waals surface area (Å²) in [4.78, 5) is 54.8. The molecule has 0 unspecified atom stereocenters.